The number of piperidine rings is 1. The number of likely N-dealkylation sites (tertiary alicyclic amines) is 1. The number of nitrogens with one attached hydrogen (secondary N) is 1. The Morgan fingerprint density at radius 1 is 1.10 bits per heavy atom. The van der Waals surface area contributed by atoms with Gasteiger partial charge in [0.2, 0.25) is 0 Å². The van der Waals surface area contributed by atoms with Gasteiger partial charge < -0.3 is 19.7 Å². The summed E-state index contributed by atoms with van der Waals surface area (Å²) in [5.41, 5.74) is 0.136. The number of carbonyl (C=O) groups is 1. The summed E-state index contributed by atoms with van der Waals surface area (Å²) in [5.74, 6) is 1.69. The predicted octanol–water partition coefficient (Wildman–Crippen LogP) is 5.65. The maximum absolute atomic E-state index is 13.1. The van der Waals surface area contributed by atoms with Crippen molar-refractivity contribution >= 4 is 11.6 Å². The normalized spacial score (nSPS) is 21.9. The SMILES string of the molecule is CCCOC1(C(=O)Nc2ccc(OCCCN3CCC[C@H](C)C3)cc2)CCCCCC1. The molecule has 1 heterocycles. The number of benzene rings is 1. The van der Waals surface area contributed by atoms with Crippen molar-refractivity contribution < 1.29 is 14.3 Å². The van der Waals surface area contributed by atoms with Crippen LogP contribution >= 0.6 is 0 Å². The summed E-state index contributed by atoms with van der Waals surface area (Å²) in [5, 5.41) is 3.10. The molecule has 1 aliphatic heterocycles. The number of amides is 1. The molecule has 0 spiro atoms. The molecule has 174 valence electrons. The summed E-state index contributed by atoms with van der Waals surface area (Å²) in [4.78, 5) is 15.7. The number of hydrogen-bond donors (Lipinski definition) is 1. The van der Waals surface area contributed by atoms with E-state index in [9.17, 15) is 4.79 Å². The van der Waals surface area contributed by atoms with Gasteiger partial charge in [0, 0.05) is 25.4 Å². The van der Waals surface area contributed by atoms with E-state index in [1.165, 1.54) is 38.8 Å². The third-order valence-corrected chi connectivity index (χ3v) is 6.65. The van der Waals surface area contributed by atoms with Gasteiger partial charge in [0.1, 0.15) is 11.4 Å². The molecule has 1 aliphatic carbocycles. The van der Waals surface area contributed by atoms with E-state index in [4.69, 9.17) is 9.47 Å². The first-order chi connectivity index (χ1) is 15.1. The van der Waals surface area contributed by atoms with E-state index >= 15 is 0 Å². The Balaban J connectivity index is 1.45. The zero-order valence-corrected chi connectivity index (χ0v) is 19.7. The van der Waals surface area contributed by atoms with Crippen LogP contribution in [0.25, 0.3) is 0 Å². The molecular formula is C26H42N2O3. The highest BCUT2D eigenvalue weighted by Crippen LogP contribution is 2.32. The quantitative estimate of drug-likeness (QED) is 0.385. The van der Waals surface area contributed by atoms with Crippen LogP contribution in [0.2, 0.25) is 0 Å². The average Bonchev–Trinajstić information content (AvgIpc) is 3.03. The minimum absolute atomic E-state index is 0.00674. The highest BCUT2D eigenvalue weighted by Gasteiger charge is 2.39. The molecule has 5 nitrogen and oxygen atoms in total. The summed E-state index contributed by atoms with van der Waals surface area (Å²) in [6, 6.07) is 7.77. The highest BCUT2D eigenvalue weighted by atomic mass is 16.5. The van der Waals surface area contributed by atoms with Gasteiger partial charge in [-0.3, -0.25) is 4.79 Å². The fraction of sp³-hybridized carbons (Fsp3) is 0.731. The number of rotatable bonds is 10. The monoisotopic (exact) mass is 430 g/mol. The van der Waals surface area contributed by atoms with Crippen molar-refractivity contribution in [2.75, 3.05) is 38.2 Å². The van der Waals surface area contributed by atoms with Gasteiger partial charge in [0.15, 0.2) is 0 Å². The molecule has 31 heavy (non-hydrogen) atoms. The van der Waals surface area contributed by atoms with E-state index in [-0.39, 0.29) is 5.91 Å². The Morgan fingerprint density at radius 2 is 1.84 bits per heavy atom. The second kappa shape index (κ2) is 12.4. The maximum atomic E-state index is 13.1. The van der Waals surface area contributed by atoms with Crippen LogP contribution in [0.15, 0.2) is 24.3 Å². The van der Waals surface area contributed by atoms with E-state index < -0.39 is 5.60 Å². The van der Waals surface area contributed by atoms with Gasteiger partial charge in [-0.1, -0.05) is 39.5 Å². The van der Waals surface area contributed by atoms with Crippen molar-refractivity contribution in [1.82, 2.24) is 4.90 Å². The van der Waals surface area contributed by atoms with Crippen LogP contribution in [-0.2, 0) is 9.53 Å². The molecule has 1 N–H and O–H groups in total. The molecule has 5 heteroatoms. The number of nitrogens with zero attached hydrogens (tertiary/aromatic N) is 1. The minimum atomic E-state index is -0.673. The van der Waals surface area contributed by atoms with Crippen molar-refractivity contribution in [2.24, 2.45) is 5.92 Å². The van der Waals surface area contributed by atoms with Crippen LogP contribution in [0.1, 0.15) is 78.1 Å². The first-order valence-corrected chi connectivity index (χ1v) is 12.5. The Labute approximate surface area is 188 Å². The molecule has 2 fully saturated rings. The van der Waals surface area contributed by atoms with Crippen LogP contribution < -0.4 is 10.1 Å². The van der Waals surface area contributed by atoms with Crippen LogP contribution in [-0.4, -0.2) is 49.3 Å². The van der Waals surface area contributed by atoms with Gasteiger partial charge in [-0.05, 0) is 75.3 Å². The standard InChI is InChI=1S/C26H42N2O3/c1-3-19-31-26(15-6-4-5-7-16-26)25(29)27-23-11-13-24(14-12-23)30-20-9-18-28-17-8-10-22(2)21-28/h11-14,22H,3-10,15-21H2,1-2H3,(H,27,29)/t22-/m0/s1. The fourth-order valence-corrected chi connectivity index (χ4v) is 4.88. The van der Waals surface area contributed by atoms with Crippen LogP contribution in [0.4, 0.5) is 5.69 Å². The molecule has 1 atom stereocenters. The Morgan fingerprint density at radius 3 is 2.52 bits per heavy atom. The fourth-order valence-electron chi connectivity index (χ4n) is 4.88. The molecule has 0 unspecified atom stereocenters. The smallest absolute Gasteiger partial charge is 0.256 e. The van der Waals surface area contributed by atoms with Crippen molar-refractivity contribution in [1.29, 1.82) is 0 Å². The maximum Gasteiger partial charge on any atom is 0.256 e. The van der Waals surface area contributed by atoms with E-state index in [0.29, 0.717) is 6.61 Å². The molecule has 1 amide bonds. The lowest BCUT2D eigenvalue weighted by molar-refractivity contribution is -0.143. The Hall–Kier alpha value is -1.59. The van der Waals surface area contributed by atoms with Crippen LogP contribution in [0.5, 0.6) is 5.75 Å². The van der Waals surface area contributed by atoms with Crippen LogP contribution in [0.3, 0.4) is 0 Å². The van der Waals surface area contributed by atoms with Gasteiger partial charge in [0.05, 0.1) is 6.61 Å². The molecule has 3 rings (SSSR count). The summed E-state index contributed by atoms with van der Waals surface area (Å²) >= 11 is 0. The second-order valence-corrected chi connectivity index (χ2v) is 9.49. The summed E-state index contributed by atoms with van der Waals surface area (Å²) in [7, 11) is 0. The van der Waals surface area contributed by atoms with Gasteiger partial charge >= 0.3 is 0 Å². The average molecular weight is 431 g/mol. The molecule has 1 saturated carbocycles. The van der Waals surface area contributed by atoms with E-state index in [1.54, 1.807) is 0 Å². The largest absolute Gasteiger partial charge is 0.494 e. The van der Waals surface area contributed by atoms with Crippen molar-refractivity contribution in [2.45, 2.75) is 83.7 Å². The molecule has 2 aliphatic rings. The molecule has 1 saturated heterocycles. The molecule has 0 bridgehead atoms. The number of hydrogen-bond acceptors (Lipinski definition) is 4. The Kier molecular flexibility index (Phi) is 9.66. The van der Waals surface area contributed by atoms with Crippen molar-refractivity contribution in [3.8, 4) is 5.75 Å². The van der Waals surface area contributed by atoms with Gasteiger partial charge in [-0.2, -0.15) is 0 Å². The van der Waals surface area contributed by atoms with E-state index in [1.807, 2.05) is 24.3 Å². The number of ether oxygens (including phenoxy) is 2. The second-order valence-electron chi connectivity index (χ2n) is 9.49. The third kappa shape index (κ3) is 7.50. The summed E-state index contributed by atoms with van der Waals surface area (Å²) in [6.07, 6.45) is 10.8. The van der Waals surface area contributed by atoms with Crippen molar-refractivity contribution in [3.05, 3.63) is 24.3 Å². The highest BCUT2D eigenvalue weighted by molar-refractivity contribution is 5.97. The number of carbonyl (C=O) groups excluding carboxylic acids is 1. The number of anilines is 1. The molecule has 0 aromatic heterocycles. The van der Waals surface area contributed by atoms with Gasteiger partial charge in [-0.15, -0.1) is 0 Å². The van der Waals surface area contributed by atoms with Crippen molar-refractivity contribution in [3.63, 3.8) is 0 Å². The van der Waals surface area contributed by atoms with E-state index in [2.05, 4.69) is 24.1 Å². The van der Waals surface area contributed by atoms with E-state index in [0.717, 1.165) is 69.0 Å². The van der Waals surface area contributed by atoms with Gasteiger partial charge in [0.25, 0.3) is 5.91 Å². The lowest BCUT2D eigenvalue weighted by atomic mass is 9.92. The lowest BCUT2D eigenvalue weighted by Gasteiger charge is -2.31. The molecule has 1 aromatic rings. The lowest BCUT2D eigenvalue weighted by Crippen LogP contribution is -2.45. The first kappa shape index (κ1) is 24.1. The predicted molar refractivity (Wildman–Crippen MR) is 127 cm³/mol. The molecule has 0 radical (unpaired) electrons. The molecule has 1 aromatic carbocycles. The third-order valence-electron chi connectivity index (χ3n) is 6.65. The zero-order chi connectivity index (χ0) is 21.9. The summed E-state index contributed by atoms with van der Waals surface area (Å²) < 4.78 is 12.1. The summed E-state index contributed by atoms with van der Waals surface area (Å²) in [6.45, 7) is 9.35. The molecular weight excluding hydrogens is 388 g/mol. The Bertz CT molecular complexity index is 653. The van der Waals surface area contributed by atoms with Gasteiger partial charge in [-0.25, -0.2) is 0 Å². The van der Waals surface area contributed by atoms with Crippen LogP contribution in [0, 0.1) is 5.92 Å². The topological polar surface area (TPSA) is 50.8 Å². The minimum Gasteiger partial charge on any atom is -0.494 e. The zero-order valence-electron chi connectivity index (χ0n) is 19.7. The first-order valence-electron chi connectivity index (χ1n) is 12.5.